The van der Waals surface area contributed by atoms with E-state index in [-0.39, 0.29) is 18.0 Å². The number of benzene rings is 1. The van der Waals surface area contributed by atoms with E-state index in [4.69, 9.17) is 4.74 Å². The van der Waals surface area contributed by atoms with E-state index < -0.39 is 35.5 Å². The van der Waals surface area contributed by atoms with Crippen LogP contribution in [0.2, 0.25) is 0 Å². The number of nitrogens with one attached hydrogen (secondary N) is 2. The van der Waals surface area contributed by atoms with E-state index in [1.165, 1.54) is 18.6 Å². The van der Waals surface area contributed by atoms with Crippen molar-refractivity contribution in [2.24, 2.45) is 5.92 Å². The van der Waals surface area contributed by atoms with Gasteiger partial charge < -0.3 is 15.4 Å². The van der Waals surface area contributed by atoms with Crippen LogP contribution in [-0.4, -0.2) is 45.4 Å². The lowest BCUT2D eigenvalue weighted by Crippen LogP contribution is -2.53. The van der Waals surface area contributed by atoms with E-state index in [0.29, 0.717) is 6.42 Å². The SMILES string of the molecule is CC(C)C[C@H](NC(=O)[C@H](Cc1ccccc1)NC(=O)c1cnccn1)C(=O)OC(C)(C)C. The Bertz CT molecular complexity index is 895. The minimum atomic E-state index is -0.913. The van der Waals surface area contributed by atoms with Gasteiger partial charge in [-0.15, -0.1) is 0 Å². The predicted octanol–water partition coefficient (Wildman–Crippen LogP) is 2.69. The molecule has 2 amide bonds. The Morgan fingerprint density at radius 2 is 1.69 bits per heavy atom. The number of esters is 1. The van der Waals surface area contributed by atoms with Gasteiger partial charge in [0.1, 0.15) is 23.4 Å². The zero-order valence-corrected chi connectivity index (χ0v) is 19.3. The summed E-state index contributed by atoms with van der Waals surface area (Å²) in [5.41, 5.74) is 0.287. The van der Waals surface area contributed by atoms with Crippen LogP contribution in [0.3, 0.4) is 0 Å². The number of carbonyl (C=O) groups is 3. The summed E-state index contributed by atoms with van der Waals surface area (Å²) in [6.07, 6.45) is 4.86. The second kappa shape index (κ2) is 11.4. The van der Waals surface area contributed by atoms with Gasteiger partial charge in [0, 0.05) is 18.8 Å². The van der Waals surface area contributed by atoms with Crippen molar-refractivity contribution in [3.05, 3.63) is 60.2 Å². The topological polar surface area (TPSA) is 110 Å². The van der Waals surface area contributed by atoms with Crippen LogP contribution < -0.4 is 10.6 Å². The summed E-state index contributed by atoms with van der Waals surface area (Å²) in [5.74, 6) is -1.35. The molecule has 0 aliphatic heterocycles. The van der Waals surface area contributed by atoms with E-state index in [2.05, 4.69) is 20.6 Å². The quantitative estimate of drug-likeness (QED) is 0.580. The molecule has 0 aliphatic rings. The lowest BCUT2D eigenvalue weighted by molar-refractivity contribution is -0.159. The van der Waals surface area contributed by atoms with Crippen molar-refractivity contribution >= 4 is 17.8 Å². The van der Waals surface area contributed by atoms with E-state index in [9.17, 15) is 14.4 Å². The summed E-state index contributed by atoms with van der Waals surface area (Å²) in [5, 5.41) is 5.51. The Balaban J connectivity index is 2.22. The second-order valence-corrected chi connectivity index (χ2v) is 9.03. The fourth-order valence-corrected chi connectivity index (χ4v) is 3.04. The number of ether oxygens (including phenoxy) is 1. The number of aromatic nitrogens is 2. The van der Waals surface area contributed by atoms with Crippen LogP contribution in [0.5, 0.6) is 0 Å². The molecule has 2 aromatic rings. The van der Waals surface area contributed by atoms with Crippen molar-refractivity contribution in [1.82, 2.24) is 20.6 Å². The van der Waals surface area contributed by atoms with E-state index in [1.807, 2.05) is 44.2 Å². The van der Waals surface area contributed by atoms with E-state index in [1.54, 1.807) is 20.8 Å². The molecule has 1 heterocycles. The highest BCUT2D eigenvalue weighted by atomic mass is 16.6. The molecule has 8 heteroatoms. The van der Waals surface area contributed by atoms with Crippen LogP contribution in [-0.2, 0) is 20.7 Å². The molecule has 0 saturated heterocycles. The molecule has 172 valence electrons. The molecule has 1 aromatic heterocycles. The largest absolute Gasteiger partial charge is 0.458 e. The highest BCUT2D eigenvalue weighted by molar-refractivity contribution is 5.96. The van der Waals surface area contributed by atoms with Gasteiger partial charge >= 0.3 is 5.97 Å². The Kier molecular flexibility index (Phi) is 8.87. The summed E-state index contributed by atoms with van der Waals surface area (Å²) in [6.45, 7) is 9.25. The molecule has 0 unspecified atom stereocenters. The van der Waals surface area contributed by atoms with Crippen molar-refractivity contribution in [3.63, 3.8) is 0 Å². The maximum Gasteiger partial charge on any atom is 0.329 e. The van der Waals surface area contributed by atoms with Crippen LogP contribution in [0.15, 0.2) is 48.9 Å². The highest BCUT2D eigenvalue weighted by Crippen LogP contribution is 2.14. The van der Waals surface area contributed by atoms with Crippen LogP contribution in [0.4, 0.5) is 0 Å². The van der Waals surface area contributed by atoms with Crippen molar-refractivity contribution in [2.45, 2.75) is 65.1 Å². The fraction of sp³-hybridized carbons (Fsp3) is 0.458. The van der Waals surface area contributed by atoms with Gasteiger partial charge in [-0.05, 0) is 38.7 Å². The molecule has 0 aliphatic carbocycles. The third-order valence-electron chi connectivity index (χ3n) is 4.42. The van der Waals surface area contributed by atoms with Gasteiger partial charge in [0.25, 0.3) is 5.91 Å². The van der Waals surface area contributed by atoms with Gasteiger partial charge in [-0.25, -0.2) is 9.78 Å². The average Bonchev–Trinajstić information content (AvgIpc) is 2.72. The van der Waals surface area contributed by atoms with Gasteiger partial charge in [0.15, 0.2) is 0 Å². The van der Waals surface area contributed by atoms with Gasteiger partial charge in [-0.3, -0.25) is 14.6 Å². The normalized spacial score (nSPS) is 13.2. The molecule has 2 N–H and O–H groups in total. The highest BCUT2D eigenvalue weighted by Gasteiger charge is 2.31. The van der Waals surface area contributed by atoms with Crippen molar-refractivity contribution in [1.29, 1.82) is 0 Å². The minimum absolute atomic E-state index is 0.101. The summed E-state index contributed by atoms with van der Waals surface area (Å²) >= 11 is 0. The number of nitrogens with zero attached hydrogens (tertiary/aromatic N) is 2. The molecule has 0 fully saturated rings. The van der Waals surface area contributed by atoms with Gasteiger partial charge in [0.05, 0.1) is 6.20 Å². The third-order valence-corrected chi connectivity index (χ3v) is 4.42. The lowest BCUT2D eigenvalue weighted by Gasteiger charge is -2.27. The third kappa shape index (κ3) is 8.45. The standard InChI is InChI=1S/C24H32N4O4/c1-16(2)13-19(23(31)32-24(3,4)5)28-21(29)18(14-17-9-7-6-8-10-17)27-22(30)20-15-25-11-12-26-20/h6-12,15-16,18-19H,13-14H2,1-5H3,(H,27,30)(H,28,29)/t18-,19-/m0/s1. The molecular weight excluding hydrogens is 408 g/mol. The van der Waals surface area contributed by atoms with Gasteiger partial charge in [-0.2, -0.15) is 0 Å². The van der Waals surface area contributed by atoms with Crippen molar-refractivity contribution < 1.29 is 19.1 Å². The monoisotopic (exact) mass is 440 g/mol. The number of hydrogen-bond donors (Lipinski definition) is 2. The van der Waals surface area contributed by atoms with Gasteiger partial charge in [0.2, 0.25) is 5.91 Å². The smallest absolute Gasteiger partial charge is 0.329 e. The molecule has 1 aromatic carbocycles. The fourth-order valence-electron chi connectivity index (χ4n) is 3.04. The molecule has 0 radical (unpaired) electrons. The summed E-state index contributed by atoms with van der Waals surface area (Å²) in [4.78, 5) is 46.4. The predicted molar refractivity (Wildman–Crippen MR) is 121 cm³/mol. The Hall–Kier alpha value is -3.29. The maximum absolute atomic E-state index is 13.2. The first-order chi connectivity index (χ1) is 15.0. The Morgan fingerprint density at radius 3 is 2.25 bits per heavy atom. The molecular formula is C24H32N4O4. The Labute approximate surface area is 189 Å². The first kappa shape index (κ1) is 25.0. The van der Waals surface area contributed by atoms with Crippen molar-refractivity contribution in [2.75, 3.05) is 0 Å². The number of rotatable bonds is 9. The molecule has 0 saturated carbocycles. The number of hydrogen-bond acceptors (Lipinski definition) is 6. The van der Waals surface area contributed by atoms with E-state index >= 15 is 0 Å². The van der Waals surface area contributed by atoms with Crippen molar-refractivity contribution in [3.8, 4) is 0 Å². The summed E-state index contributed by atoms with van der Waals surface area (Å²) in [7, 11) is 0. The molecule has 2 rings (SSSR count). The Morgan fingerprint density at radius 1 is 1.00 bits per heavy atom. The molecule has 2 atom stereocenters. The second-order valence-electron chi connectivity index (χ2n) is 9.03. The molecule has 32 heavy (non-hydrogen) atoms. The maximum atomic E-state index is 13.2. The summed E-state index contributed by atoms with van der Waals surface area (Å²) in [6, 6.07) is 7.59. The lowest BCUT2D eigenvalue weighted by atomic mass is 10.0. The number of carbonyl (C=O) groups excluding carboxylic acids is 3. The first-order valence-electron chi connectivity index (χ1n) is 10.7. The van der Waals surface area contributed by atoms with Crippen LogP contribution in [0.1, 0.15) is 57.1 Å². The average molecular weight is 441 g/mol. The molecule has 8 nitrogen and oxygen atoms in total. The zero-order chi connectivity index (χ0) is 23.7. The van der Waals surface area contributed by atoms with Crippen LogP contribution in [0, 0.1) is 5.92 Å². The molecule has 0 spiro atoms. The van der Waals surface area contributed by atoms with Gasteiger partial charge in [-0.1, -0.05) is 44.2 Å². The zero-order valence-electron chi connectivity index (χ0n) is 19.3. The molecule has 0 bridgehead atoms. The minimum Gasteiger partial charge on any atom is -0.458 e. The van der Waals surface area contributed by atoms with Crippen LogP contribution in [0.25, 0.3) is 0 Å². The van der Waals surface area contributed by atoms with Crippen LogP contribution >= 0.6 is 0 Å². The summed E-state index contributed by atoms with van der Waals surface area (Å²) < 4.78 is 5.49. The number of amides is 2. The first-order valence-corrected chi connectivity index (χ1v) is 10.7. The van der Waals surface area contributed by atoms with E-state index in [0.717, 1.165) is 5.56 Å².